The third kappa shape index (κ3) is 4.34. The van der Waals surface area contributed by atoms with Gasteiger partial charge >= 0.3 is 0 Å². The monoisotopic (exact) mass is 286 g/mol. The molecule has 2 heteroatoms. The predicted octanol–water partition coefficient (Wildman–Crippen LogP) is 4.75. The zero-order valence-corrected chi connectivity index (χ0v) is 13.8. The van der Waals surface area contributed by atoms with Gasteiger partial charge in [-0.25, -0.2) is 0 Å². The average molecular weight is 286 g/mol. The standard InChI is InChI=1S/C19H30N2/c1-4-6-7-16(5-2)14-21-11-10-18-13-17(12-15(3)20)8-9-19(18)21/h8-11,13,15-16H,4-7,12,14,20H2,1-3H3. The normalized spacial score (nSPS) is 14.5. The molecule has 0 aliphatic rings. The van der Waals surface area contributed by atoms with Crippen LogP contribution in [0, 0.1) is 5.92 Å². The number of hydrogen-bond donors (Lipinski definition) is 1. The molecule has 0 fully saturated rings. The van der Waals surface area contributed by atoms with Crippen LogP contribution in [0.1, 0.15) is 52.0 Å². The van der Waals surface area contributed by atoms with Crippen molar-refractivity contribution in [2.75, 3.05) is 0 Å². The van der Waals surface area contributed by atoms with Gasteiger partial charge in [0.1, 0.15) is 0 Å². The Kier molecular flexibility index (Phi) is 5.86. The van der Waals surface area contributed by atoms with Gasteiger partial charge in [-0.05, 0) is 54.8 Å². The van der Waals surface area contributed by atoms with Crippen LogP contribution in [-0.2, 0) is 13.0 Å². The Morgan fingerprint density at radius 2 is 2.00 bits per heavy atom. The topological polar surface area (TPSA) is 30.9 Å². The molecule has 2 rings (SSSR count). The summed E-state index contributed by atoms with van der Waals surface area (Å²) in [6.07, 6.45) is 8.45. The summed E-state index contributed by atoms with van der Waals surface area (Å²) < 4.78 is 2.43. The van der Waals surface area contributed by atoms with Gasteiger partial charge in [-0.1, -0.05) is 39.2 Å². The number of benzene rings is 1. The Labute approximate surface area is 129 Å². The zero-order chi connectivity index (χ0) is 15.2. The van der Waals surface area contributed by atoms with Crippen molar-refractivity contribution in [3.63, 3.8) is 0 Å². The van der Waals surface area contributed by atoms with Gasteiger partial charge in [0.05, 0.1) is 0 Å². The Morgan fingerprint density at radius 3 is 2.67 bits per heavy atom. The molecule has 2 atom stereocenters. The van der Waals surface area contributed by atoms with E-state index in [0.717, 1.165) is 18.9 Å². The Morgan fingerprint density at radius 1 is 1.19 bits per heavy atom. The van der Waals surface area contributed by atoms with Crippen molar-refractivity contribution in [2.45, 2.75) is 65.5 Å². The van der Waals surface area contributed by atoms with E-state index in [0.29, 0.717) is 0 Å². The van der Waals surface area contributed by atoms with Crippen molar-refractivity contribution in [1.29, 1.82) is 0 Å². The van der Waals surface area contributed by atoms with E-state index < -0.39 is 0 Å². The van der Waals surface area contributed by atoms with E-state index in [1.54, 1.807) is 0 Å². The quantitative estimate of drug-likeness (QED) is 0.746. The summed E-state index contributed by atoms with van der Waals surface area (Å²) >= 11 is 0. The molecule has 0 aliphatic carbocycles. The molecular formula is C19H30N2. The first kappa shape index (κ1) is 16.1. The average Bonchev–Trinajstić information content (AvgIpc) is 2.85. The van der Waals surface area contributed by atoms with E-state index in [1.807, 2.05) is 0 Å². The number of unbranched alkanes of at least 4 members (excludes halogenated alkanes) is 1. The van der Waals surface area contributed by atoms with Crippen LogP contribution in [0.3, 0.4) is 0 Å². The first-order valence-electron chi connectivity index (χ1n) is 8.47. The van der Waals surface area contributed by atoms with Gasteiger partial charge in [0.15, 0.2) is 0 Å². The second-order valence-electron chi connectivity index (χ2n) is 6.46. The zero-order valence-electron chi connectivity index (χ0n) is 13.8. The molecule has 2 unspecified atom stereocenters. The fourth-order valence-corrected chi connectivity index (χ4v) is 3.10. The van der Waals surface area contributed by atoms with Gasteiger partial charge in [0.25, 0.3) is 0 Å². The van der Waals surface area contributed by atoms with E-state index >= 15 is 0 Å². The van der Waals surface area contributed by atoms with E-state index in [-0.39, 0.29) is 6.04 Å². The molecule has 0 saturated carbocycles. The Hall–Kier alpha value is -1.28. The maximum atomic E-state index is 5.90. The van der Waals surface area contributed by atoms with Gasteiger partial charge in [-0.2, -0.15) is 0 Å². The van der Waals surface area contributed by atoms with E-state index in [9.17, 15) is 0 Å². The highest BCUT2D eigenvalue weighted by Gasteiger charge is 2.09. The highest BCUT2D eigenvalue weighted by molar-refractivity contribution is 5.80. The summed E-state index contributed by atoms with van der Waals surface area (Å²) in [7, 11) is 0. The lowest BCUT2D eigenvalue weighted by atomic mass is 9.99. The number of rotatable bonds is 8. The molecule has 1 aromatic heterocycles. The minimum absolute atomic E-state index is 0.225. The van der Waals surface area contributed by atoms with Crippen molar-refractivity contribution in [1.82, 2.24) is 4.57 Å². The van der Waals surface area contributed by atoms with Gasteiger partial charge < -0.3 is 10.3 Å². The van der Waals surface area contributed by atoms with Crippen LogP contribution in [0.2, 0.25) is 0 Å². The summed E-state index contributed by atoms with van der Waals surface area (Å²) in [4.78, 5) is 0. The molecule has 0 bridgehead atoms. The fraction of sp³-hybridized carbons (Fsp3) is 0.579. The molecular weight excluding hydrogens is 256 g/mol. The third-order valence-corrected chi connectivity index (χ3v) is 4.39. The second-order valence-corrected chi connectivity index (χ2v) is 6.46. The van der Waals surface area contributed by atoms with Crippen LogP contribution < -0.4 is 5.73 Å². The van der Waals surface area contributed by atoms with Crippen LogP contribution in [-0.4, -0.2) is 10.6 Å². The first-order valence-corrected chi connectivity index (χ1v) is 8.47. The lowest BCUT2D eigenvalue weighted by Crippen LogP contribution is -2.17. The minimum atomic E-state index is 0.225. The summed E-state index contributed by atoms with van der Waals surface area (Å²) in [5, 5.41) is 1.35. The Bertz CT molecular complexity index is 554. The molecule has 21 heavy (non-hydrogen) atoms. The van der Waals surface area contributed by atoms with Crippen LogP contribution >= 0.6 is 0 Å². The van der Waals surface area contributed by atoms with Crippen molar-refractivity contribution in [3.8, 4) is 0 Å². The molecule has 2 aromatic rings. The van der Waals surface area contributed by atoms with E-state index in [2.05, 4.69) is 55.8 Å². The van der Waals surface area contributed by atoms with Crippen LogP contribution in [0.25, 0.3) is 10.9 Å². The van der Waals surface area contributed by atoms with Crippen LogP contribution in [0.4, 0.5) is 0 Å². The van der Waals surface area contributed by atoms with E-state index in [1.165, 1.54) is 42.1 Å². The highest BCUT2D eigenvalue weighted by Crippen LogP contribution is 2.22. The summed E-state index contributed by atoms with van der Waals surface area (Å²) in [6.45, 7) is 7.80. The fourth-order valence-electron chi connectivity index (χ4n) is 3.10. The van der Waals surface area contributed by atoms with Gasteiger partial charge in [-0.15, -0.1) is 0 Å². The molecule has 2 N–H and O–H groups in total. The maximum absolute atomic E-state index is 5.90. The molecule has 0 saturated heterocycles. The van der Waals surface area contributed by atoms with Gasteiger partial charge in [0, 0.05) is 24.3 Å². The largest absolute Gasteiger partial charge is 0.347 e. The van der Waals surface area contributed by atoms with Gasteiger partial charge in [0.2, 0.25) is 0 Å². The van der Waals surface area contributed by atoms with Crippen molar-refractivity contribution < 1.29 is 0 Å². The number of hydrogen-bond acceptors (Lipinski definition) is 1. The Balaban J connectivity index is 2.14. The maximum Gasteiger partial charge on any atom is 0.0480 e. The lowest BCUT2D eigenvalue weighted by molar-refractivity contribution is 0.396. The summed E-state index contributed by atoms with van der Waals surface area (Å²) in [6, 6.07) is 9.26. The number of nitrogens with two attached hydrogens (primary N) is 1. The SMILES string of the molecule is CCCCC(CC)Cn1ccc2cc(CC(C)N)ccc21. The molecule has 116 valence electrons. The molecule has 0 spiro atoms. The van der Waals surface area contributed by atoms with Crippen molar-refractivity contribution in [2.24, 2.45) is 11.7 Å². The third-order valence-electron chi connectivity index (χ3n) is 4.39. The first-order chi connectivity index (χ1) is 10.1. The molecule has 2 nitrogen and oxygen atoms in total. The summed E-state index contributed by atoms with van der Waals surface area (Å²) in [5.74, 6) is 0.796. The number of aromatic nitrogens is 1. The second kappa shape index (κ2) is 7.65. The predicted molar refractivity (Wildman–Crippen MR) is 92.6 cm³/mol. The minimum Gasteiger partial charge on any atom is -0.347 e. The van der Waals surface area contributed by atoms with E-state index in [4.69, 9.17) is 5.73 Å². The molecule has 1 aromatic carbocycles. The molecule has 0 aliphatic heterocycles. The van der Waals surface area contributed by atoms with Gasteiger partial charge in [-0.3, -0.25) is 0 Å². The van der Waals surface area contributed by atoms with Crippen molar-refractivity contribution in [3.05, 3.63) is 36.0 Å². The number of nitrogens with zero attached hydrogens (tertiary/aromatic N) is 1. The highest BCUT2D eigenvalue weighted by atomic mass is 15.0. The van der Waals surface area contributed by atoms with Crippen molar-refractivity contribution >= 4 is 10.9 Å². The molecule has 1 heterocycles. The van der Waals surface area contributed by atoms with Crippen LogP contribution in [0.5, 0.6) is 0 Å². The molecule has 0 amide bonds. The number of fused-ring (bicyclic) bond motifs is 1. The van der Waals surface area contributed by atoms with Crippen LogP contribution in [0.15, 0.2) is 30.5 Å². The molecule has 0 radical (unpaired) electrons. The smallest absolute Gasteiger partial charge is 0.0480 e. The lowest BCUT2D eigenvalue weighted by Gasteiger charge is -2.16. The summed E-state index contributed by atoms with van der Waals surface area (Å²) in [5.41, 5.74) is 8.60.